The summed E-state index contributed by atoms with van der Waals surface area (Å²) in [7, 11) is -3.80. The van der Waals surface area contributed by atoms with Gasteiger partial charge in [0.05, 0.1) is 11.9 Å². The van der Waals surface area contributed by atoms with Crippen molar-refractivity contribution in [3.8, 4) is 0 Å². The van der Waals surface area contributed by atoms with E-state index in [0.717, 1.165) is 31.7 Å². The van der Waals surface area contributed by atoms with Crippen molar-refractivity contribution in [2.45, 2.75) is 39.8 Å². The monoisotopic (exact) mass is 613 g/mol. The fraction of sp³-hybridized carbons (Fsp3) is 0.333. The number of carbonyl (C=O) groups is 2. The third kappa shape index (κ3) is 8.93. The number of anilines is 1. The second-order valence-corrected chi connectivity index (χ2v) is 12.9. The van der Waals surface area contributed by atoms with Gasteiger partial charge < -0.3 is 10.2 Å². The molecule has 0 aliphatic heterocycles. The lowest BCUT2D eigenvalue weighted by Gasteiger charge is -2.34. The molecule has 3 aromatic carbocycles. The van der Waals surface area contributed by atoms with Gasteiger partial charge in [-0.1, -0.05) is 90.4 Å². The molecule has 0 radical (unpaired) electrons. The number of carbonyl (C=O) groups excluding carboxylic acids is 2. The predicted molar refractivity (Wildman–Crippen MR) is 160 cm³/mol. The molecular formula is C30H36BrN3O4S. The summed E-state index contributed by atoms with van der Waals surface area (Å²) in [4.78, 5) is 29.2. The van der Waals surface area contributed by atoms with Crippen molar-refractivity contribution in [2.75, 3.05) is 23.7 Å². The SMILES string of the molecule is Cc1ccccc1N(CC(=O)N(Cc1cccc(Br)c1)[C@H](Cc1ccccc1)C(=O)NCC(C)C)S(C)(=O)=O. The summed E-state index contributed by atoms with van der Waals surface area (Å²) in [5.41, 5.74) is 2.87. The Labute approximate surface area is 240 Å². The molecule has 3 rings (SSSR count). The molecule has 0 spiro atoms. The second-order valence-electron chi connectivity index (χ2n) is 10.1. The number of nitrogens with one attached hydrogen (secondary N) is 1. The van der Waals surface area contributed by atoms with Crippen molar-refractivity contribution < 1.29 is 18.0 Å². The zero-order chi connectivity index (χ0) is 28.6. The number of sulfonamides is 1. The molecular weight excluding hydrogens is 578 g/mol. The highest BCUT2D eigenvalue weighted by Gasteiger charge is 2.33. The largest absolute Gasteiger partial charge is 0.354 e. The number of hydrogen-bond donors (Lipinski definition) is 1. The fourth-order valence-corrected chi connectivity index (χ4v) is 5.60. The van der Waals surface area contributed by atoms with Crippen LogP contribution in [0.2, 0.25) is 0 Å². The van der Waals surface area contributed by atoms with Gasteiger partial charge in [-0.15, -0.1) is 0 Å². The summed E-state index contributed by atoms with van der Waals surface area (Å²) in [6.07, 6.45) is 1.37. The fourth-order valence-electron chi connectivity index (χ4n) is 4.25. The van der Waals surface area contributed by atoms with Crippen LogP contribution in [0.4, 0.5) is 5.69 Å². The van der Waals surface area contributed by atoms with Crippen LogP contribution in [0, 0.1) is 12.8 Å². The van der Waals surface area contributed by atoms with Crippen LogP contribution in [-0.2, 0) is 32.6 Å². The predicted octanol–water partition coefficient (Wildman–Crippen LogP) is 4.94. The number of halogens is 1. The number of nitrogens with zero attached hydrogens (tertiary/aromatic N) is 2. The average molecular weight is 615 g/mol. The molecule has 3 aromatic rings. The highest BCUT2D eigenvalue weighted by atomic mass is 79.9. The van der Waals surface area contributed by atoms with E-state index in [1.807, 2.05) is 74.5 Å². The van der Waals surface area contributed by atoms with Gasteiger partial charge >= 0.3 is 0 Å². The molecule has 0 heterocycles. The summed E-state index contributed by atoms with van der Waals surface area (Å²) < 4.78 is 27.7. The van der Waals surface area contributed by atoms with Crippen molar-refractivity contribution >= 4 is 43.5 Å². The Balaban J connectivity index is 2.05. The molecule has 2 amide bonds. The Morgan fingerprint density at radius 1 is 0.923 bits per heavy atom. The lowest BCUT2D eigenvalue weighted by molar-refractivity contribution is -0.140. The first-order chi connectivity index (χ1) is 18.5. The lowest BCUT2D eigenvalue weighted by atomic mass is 10.0. The number of amides is 2. The molecule has 0 aliphatic rings. The average Bonchev–Trinajstić information content (AvgIpc) is 2.88. The van der Waals surface area contributed by atoms with Crippen molar-refractivity contribution in [3.63, 3.8) is 0 Å². The van der Waals surface area contributed by atoms with Crippen molar-refractivity contribution in [3.05, 3.63) is 100 Å². The molecule has 0 unspecified atom stereocenters. The number of benzene rings is 3. The summed E-state index contributed by atoms with van der Waals surface area (Å²) in [6.45, 7) is 5.97. The van der Waals surface area contributed by atoms with E-state index >= 15 is 0 Å². The molecule has 39 heavy (non-hydrogen) atoms. The van der Waals surface area contributed by atoms with Gasteiger partial charge in [0.1, 0.15) is 12.6 Å². The number of hydrogen-bond acceptors (Lipinski definition) is 4. The second kappa shape index (κ2) is 13.8. The van der Waals surface area contributed by atoms with Gasteiger partial charge in [-0.2, -0.15) is 0 Å². The first kappa shape index (κ1) is 30.4. The molecule has 0 saturated heterocycles. The van der Waals surface area contributed by atoms with E-state index in [1.54, 1.807) is 25.1 Å². The van der Waals surface area contributed by atoms with Crippen LogP contribution in [0.5, 0.6) is 0 Å². The topological polar surface area (TPSA) is 86.8 Å². The number of rotatable bonds is 12. The molecule has 0 bridgehead atoms. The maximum absolute atomic E-state index is 14.1. The van der Waals surface area contributed by atoms with Crippen LogP contribution in [0.3, 0.4) is 0 Å². The Morgan fingerprint density at radius 2 is 1.56 bits per heavy atom. The third-order valence-electron chi connectivity index (χ3n) is 6.26. The summed E-state index contributed by atoms with van der Waals surface area (Å²) in [5, 5.41) is 2.99. The zero-order valence-electron chi connectivity index (χ0n) is 22.8. The minimum absolute atomic E-state index is 0.135. The standard InChI is InChI=1S/C30H36BrN3O4S/c1-22(2)19-32-30(36)28(18-24-12-6-5-7-13-24)33(20-25-14-10-15-26(31)17-25)29(35)21-34(39(4,37)38)27-16-9-8-11-23(27)3/h5-17,22,28H,18-21H2,1-4H3,(H,32,36)/t28-/m1/s1. The number of aryl methyl sites for hydroxylation is 1. The molecule has 7 nitrogen and oxygen atoms in total. The van der Waals surface area contributed by atoms with Gasteiger partial charge in [-0.25, -0.2) is 8.42 Å². The van der Waals surface area contributed by atoms with E-state index in [9.17, 15) is 18.0 Å². The first-order valence-electron chi connectivity index (χ1n) is 12.8. The highest BCUT2D eigenvalue weighted by Crippen LogP contribution is 2.24. The van der Waals surface area contributed by atoms with Crippen LogP contribution in [-0.4, -0.2) is 50.5 Å². The molecule has 0 aromatic heterocycles. The van der Waals surface area contributed by atoms with Gasteiger partial charge in [0.25, 0.3) is 0 Å². The normalized spacial score (nSPS) is 12.2. The summed E-state index contributed by atoms with van der Waals surface area (Å²) >= 11 is 3.48. The van der Waals surface area contributed by atoms with Crippen LogP contribution in [0.15, 0.2) is 83.3 Å². The van der Waals surface area contributed by atoms with E-state index in [-0.39, 0.29) is 24.8 Å². The minimum Gasteiger partial charge on any atom is -0.354 e. The maximum atomic E-state index is 14.1. The summed E-state index contributed by atoms with van der Waals surface area (Å²) in [5.74, 6) is -0.524. The molecule has 1 N–H and O–H groups in total. The van der Waals surface area contributed by atoms with E-state index in [4.69, 9.17) is 0 Å². The Morgan fingerprint density at radius 3 is 2.18 bits per heavy atom. The number of para-hydroxylation sites is 1. The van der Waals surface area contributed by atoms with E-state index in [2.05, 4.69) is 21.2 Å². The van der Waals surface area contributed by atoms with E-state index in [1.165, 1.54) is 4.90 Å². The lowest BCUT2D eigenvalue weighted by Crippen LogP contribution is -2.53. The van der Waals surface area contributed by atoms with Crippen LogP contribution in [0.25, 0.3) is 0 Å². The van der Waals surface area contributed by atoms with Gasteiger partial charge in [0.15, 0.2) is 0 Å². The summed E-state index contributed by atoms with van der Waals surface area (Å²) in [6, 6.07) is 23.2. The quantitative estimate of drug-likeness (QED) is 0.314. The molecule has 0 fully saturated rings. The molecule has 9 heteroatoms. The maximum Gasteiger partial charge on any atom is 0.244 e. The Bertz CT molecular complexity index is 1380. The highest BCUT2D eigenvalue weighted by molar-refractivity contribution is 9.10. The van der Waals surface area contributed by atoms with Crippen LogP contribution >= 0.6 is 15.9 Å². The molecule has 0 saturated carbocycles. The molecule has 208 valence electrons. The third-order valence-corrected chi connectivity index (χ3v) is 7.88. The van der Waals surface area contributed by atoms with Gasteiger partial charge in [-0.3, -0.25) is 13.9 Å². The van der Waals surface area contributed by atoms with E-state index < -0.39 is 28.5 Å². The van der Waals surface area contributed by atoms with Crippen molar-refractivity contribution in [2.24, 2.45) is 5.92 Å². The van der Waals surface area contributed by atoms with Gasteiger partial charge in [0, 0.05) is 24.0 Å². The smallest absolute Gasteiger partial charge is 0.244 e. The zero-order valence-corrected chi connectivity index (χ0v) is 25.2. The minimum atomic E-state index is -3.80. The Hall–Kier alpha value is -3.17. The van der Waals surface area contributed by atoms with Crippen molar-refractivity contribution in [1.82, 2.24) is 10.2 Å². The van der Waals surface area contributed by atoms with Gasteiger partial charge in [-0.05, 0) is 47.7 Å². The Kier molecular flexibility index (Phi) is 10.7. The van der Waals surface area contributed by atoms with E-state index in [0.29, 0.717) is 12.2 Å². The molecule has 0 aliphatic carbocycles. The van der Waals surface area contributed by atoms with Crippen molar-refractivity contribution in [1.29, 1.82) is 0 Å². The van der Waals surface area contributed by atoms with Crippen LogP contribution < -0.4 is 9.62 Å². The first-order valence-corrected chi connectivity index (χ1v) is 15.5. The van der Waals surface area contributed by atoms with Crippen LogP contribution in [0.1, 0.15) is 30.5 Å². The van der Waals surface area contributed by atoms with Gasteiger partial charge in [0.2, 0.25) is 21.8 Å². The molecule has 1 atom stereocenters.